The molecule has 0 saturated heterocycles. The number of hydrogen-bond acceptors (Lipinski definition) is 6. The minimum atomic E-state index is 0.733. The molecule has 0 fully saturated rings. The zero-order chi connectivity index (χ0) is 13.8. The lowest BCUT2D eigenvalue weighted by Crippen LogP contribution is -1.94. The highest BCUT2D eigenvalue weighted by molar-refractivity contribution is 7.18. The number of thiophene rings is 1. The van der Waals surface area contributed by atoms with Gasteiger partial charge in [-0.2, -0.15) is 5.10 Å². The smallest absolute Gasteiger partial charge is 0.158 e. The largest absolute Gasteiger partial charge is 0.265 e. The van der Waals surface area contributed by atoms with Gasteiger partial charge in [-0.3, -0.25) is 10.4 Å². The molecule has 0 aromatic carbocycles. The molecule has 0 atom stereocenters. The average molecular weight is 283 g/mol. The van der Waals surface area contributed by atoms with E-state index in [0.29, 0.717) is 0 Å². The minimum absolute atomic E-state index is 0.733. The predicted octanol–water partition coefficient (Wildman–Crippen LogP) is 3.09. The third kappa shape index (κ3) is 2.65. The molecule has 0 aliphatic heterocycles. The maximum atomic E-state index is 4.28. The Morgan fingerprint density at radius 2 is 2.15 bits per heavy atom. The predicted molar refractivity (Wildman–Crippen MR) is 82.2 cm³/mol. The number of pyridine rings is 1. The standard InChI is InChI=1S/C14H13N5S/c1-2-11-7-12-13(16-9-17-14(12)20-11)19-18-8-10-3-5-15-6-4-10/h3-9H,2H2,1H3,(H,16,17,19)/b18-8-. The molecule has 0 aliphatic rings. The summed E-state index contributed by atoms with van der Waals surface area (Å²) in [4.78, 5) is 14.8. The number of rotatable bonds is 4. The SMILES string of the molecule is CCc1cc2c(N/N=C\c3ccncc3)ncnc2s1. The van der Waals surface area contributed by atoms with Crippen LogP contribution < -0.4 is 5.43 Å². The van der Waals surface area contributed by atoms with Crippen LogP contribution in [0.4, 0.5) is 5.82 Å². The second kappa shape index (κ2) is 5.75. The van der Waals surface area contributed by atoms with Crippen LogP contribution >= 0.6 is 11.3 Å². The average Bonchev–Trinajstić information content (AvgIpc) is 2.92. The summed E-state index contributed by atoms with van der Waals surface area (Å²) in [5.41, 5.74) is 3.96. The quantitative estimate of drug-likeness (QED) is 0.590. The first kappa shape index (κ1) is 12.7. The summed E-state index contributed by atoms with van der Waals surface area (Å²) in [5.74, 6) is 0.733. The highest BCUT2D eigenvalue weighted by Gasteiger charge is 2.06. The molecule has 0 saturated carbocycles. The minimum Gasteiger partial charge on any atom is -0.265 e. The van der Waals surface area contributed by atoms with Crippen LogP contribution in [0.5, 0.6) is 0 Å². The molecule has 0 aliphatic carbocycles. The van der Waals surface area contributed by atoms with Crippen LogP contribution in [-0.4, -0.2) is 21.2 Å². The summed E-state index contributed by atoms with van der Waals surface area (Å²) in [6, 6.07) is 5.89. The van der Waals surface area contributed by atoms with E-state index in [0.717, 1.165) is 28.0 Å². The fraction of sp³-hybridized carbons (Fsp3) is 0.143. The normalized spacial score (nSPS) is 11.2. The summed E-state index contributed by atoms with van der Waals surface area (Å²) < 4.78 is 0. The third-order valence-electron chi connectivity index (χ3n) is 2.82. The van der Waals surface area contributed by atoms with Gasteiger partial charge in [0, 0.05) is 17.3 Å². The summed E-state index contributed by atoms with van der Waals surface area (Å²) in [6.45, 7) is 2.13. The summed E-state index contributed by atoms with van der Waals surface area (Å²) in [7, 11) is 0. The summed E-state index contributed by atoms with van der Waals surface area (Å²) >= 11 is 1.69. The van der Waals surface area contributed by atoms with E-state index in [9.17, 15) is 0 Å². The third-order valence-corrected chi connectivity index (χ3v) is 4.01. The van der Waals surface area contributed by atoms with Crippen LogP contribution in [0.15, 0.2) is 42.0 Å². The van der Waals surface area contributed by atoms with Gasteiger partial charge in [0.15, 0.2) is 5.82 Å². The van der Waals surface area contributed by atoms with Crippen molar-refractivity contribution in [2.24, 2.45) is 5.10 Å². The number of hydrogen-bond donors (Lipinski definition) is 1. The van der Waals surface area contributed by atoms with E-state index in [1.54, 1.807) is 36.3 Å². The fourth-order valence-corrected chi connectivity index (χ4v) is 2.72. The molecule has 0 bridgehead atoms. The fourth-order valence-electron chi connectivity index (χ4n) is 1.79. The highest BCUT2D eigenvalue weighted by Crippen LogP contribution is 2.28. The number of hydrazone groups is 1. The molecule has 20 heavy (non-hydrogen) atoms. The van der Waals surface area contributed by atoms with Crippen LogP contribution in [0.3, 0.4) is 0 Å². The number of anilines is 1. The monoisotopic (exact) mass is 283 g/mol. The van der Waals surface area contributed by atoms with Crippen molar-refractivity contribution in [1.29, 1.82) is 0 Å². The van der Waals surface area contributed by atoms with E-state index < -0.39 is 0 Å². The molecule has 1 N–H and O–H groups in total. The zero-order valence-electron chi connectivity index (χ0n) is 10.9. The molecule has 6 heteroatoms. The van der Waals surface area contributed by atoms with Crippen molar-refractivity contribution >= 4 is 33.6 Å². The Labute approximate surface area is 120 Å². The molecule has 0 amide bonds. The van der Waals surface area contributed by atoms with E-state index in [2.05, 4.69) is 38.5 Å². The van der Waals surface area contributed by atoms with Crippen molar-refractivity contribution in [3.63, 3.8) is 0 Å². The lowest BCUT2D eigenvalue weighted by Gasteiger charge is -1.99. The number of aryl methyl sites for hydroxylation is 1. The molecule has 0 unspecified atom stereocenters. The second-order valence-corrected chi connectivity index (χ2v) is 5.27. The Hall–Kier alpha value is -2.34. The van der Waals surface area contributed by atoms with Crippen molar-refractivity contribution in [2.45, 2.75) is 13.3 Å². The molecule has 100 valence electrons. The van der Waals surface area contributed by atoms with Crippen molar-refractivity contribution in [1.82, 2.24) is 15.0 Å². The van der Waals surface area contributed by atoms with E-state index in [1.807, 2.05) is 12.1 Å². The molecule has 0 spiro atoms. The van der Waals surface area contributed by atoms with E-state index in [4.69, 9.17) is 0 Å². The number of aromatic nitrogens is 3. The van der Waals surface area contributed by atoms with E-state index in [1.165, 1.54) is 4.88 Å². The molecule has 3 heterocycles. The lowest BCUT2D eigenvalue weighted by molar-refractivity contribution is 1.18. The van der Waals surface area contributed by atoms with Crippen molar-refractivity contribution in [3.05, 3.63) is 47.4 Å². The van der Waals surface area contributed by atoms with Crippen LogP contribution in [0, 0.1) is 0 Å². The maximum absolute atomic E-state index is 4.28. The van der Waals surface area contributed by atoms with Crippen molar-refractivity contribution < 1.29 is 0 Å². The first-order chi connectivity index (χ1) is 9.86. The van der Waals surface area contributed by atoms with Gasteiger partial charge in [-0.25, -0.2) is 9.97 Å². The van der Waals surface area contributed by atoms with Crippen LogP contribution in [-0.2, 0) is 6.42 Å². The van der Waals surface area contributed by atoms with Crippen LogP contribution in [0.1, 0.15) is 17.4 Å². The van der Waals surface area contributed by atoms with Gasteiger partial charge in [-0.05, 0) is 30.2 Å². The summed E-state index contributed by atoms with van der Waals surface area (Å²) in [6.07, 6.45) is 7.76. The van der Waals surface area contributed by atoms with Gasteiger partial charge in [0.2, 0.25) is 0 Å². The number of nitrogens with zero attached hydrogens (tertiary/aromatic N) is 4. The Morgan fingerprint density at radius 1 is 1.30 bits per heavy atom. The van der Waals surface area contributed by atoms with E-state index >= 15 is 0 Å². The Kier molecular flexibility index (Phi) is 3.64. The first-order valence-corrected chi connectivity index (χ1v) is 7.11. The number of fused-ring (bicyclic) bond motifs is 1. The van der Waals surface area contributed by atoms with E-state index in [-0.39, 0.29) is 0 Å². The Balaban J connectivity index is 1.84. The van der Waals surface area contributed by atoms with Gasteiger partial charge in [-0.15, -0.1) is 11.3 Å². The molecule has 3 aromatic heterocycles. The summed E-state index contributed by atoms with van der Waals surface area (Å²) in [5, 5.41) is 5.22. The van der Waals surface area contributed by atoms with Gasteiger partial charge in [0.05, 0.1) is 11.6 Å². The maximum Gasteiger partial charge on any atom is 0.158 e. The van der Waals surface area contributed by atoms with Gasteiger partial charge in [0.1, 0.15) is 11.2 Å². The topological polar surface area (TPSA) is 63.1 Å². The highest BCUT2D eigenvalue weighted by atomic mass is 32.1. The van der Waals surface area contributed by atoms with Gasteiger partial charge >= 0.3 is 0 Å². The number of nitrogens with one attached hydrogen (secondary N) is 1. The second-order valence-electron chi connectivity index (χ2n) is 4.16. The molecule has 5 nitrogen and oxygen atoms in total. The lowest BCUT2D eigenvalue weighted by atomic mass is 10.3. The van der Waals surface area contributed by atoms with Crippen molar-refractivity contribution in [3.8, 4) is 0 Å². The molecule has 0 radical (unpaired) electrons. The van der Waals surface area contributed by atoms with Gasteiger partial charge in [0.25, 0.3) is 0 Å². The van der Waals surface area contributed by atoms with Gasteiger partial charge in [-0.1, -0.05) is 6.92 Å². The molecular weight excluding hydrogens is 270 g/mol. The Morgan fingerprint density at radius 3 is 2.95 bits per heavy atom. The Bertz CT molecular complexity index is 736. The first-order valence-electron chi connectivity index (χ1n) is 6.29. The molecule has 3 aromatic rings. The zero-order valence-corrected chi connectivity index (χ0v) is 11.8. The van der Waals surface area contributed by atoms with Crippen LogP contribution in [0.25, 0.3) is 10.2 Å². The van der Waals surface area contributed by atoms with Crippen molar-refractivity contribution in [2.75, 3.05) is 5.43 Å². The molecular formula is C14H13N5S. The molecule has 3 rings (SSSR count). The van der Waals surface area contributed by atoms with Crippen LogP contribution in [0.2, 0.25) is 0 Å². The van der Waals surface area contributed by atoms with Gasteiger partial charge < -0.3 is 0 Å².